The number of nitrogens with one attached hydrogen (secondary N) is 2. The maximum absolute atomic E-state index is 14.2. The maximum atomic E-state index is 14.2. The van der Waals surface area contributed by atoms with E-state index in [1.165, 1.54) is 17.1 Å². The molecule has 0 spiro atoms. The van der Waals surface area contributed by atoms with Gasteiger partial charge in [0.25, 0.3) is 0 Å². The summed E-state index contributed by atoms with van der Waals surface area (Å²) in [6.07, 6.45) is 4.44. The molecule has 2 heterocycles. The fourth-order valence-corrected chi connectivity index (χ4v) is 3.33. The van der Waals surface area contributed by atoms with Crippen molar-refractivity contribution in [1.82, 2.24) is 15.2 Å². The molecule has 1 saturated heterocycles. The summed E-state index contributed by atoms with van der Waals surface area (Å²) in [5.74, 6) is -0.358. The van der Waals surface area contributed by atoms with Crippen molar-refractivity contribution in [3.63, 3.8) is 0 Å². The van der Waals surface area contributed by atoms with Crippen LogP contribution in [0.1, 0.15) is 24.1 Å². The van der Waals surface area contributed by atoms with Crippen molar-refractivity contribution >= 4 is 17.8 Å². The number of hydrogen-bond acceptors (Lipinski definition) is 5. The number of aromatic nitrogens is 1. The smallest absolute Gasteiger partial charge is 0.232 e. The van der Waals surface area contributed by atoms with E-state index >= 15 is 0 Å². The van der Waals surface area contributed by atoms with Crippen molar-refractivity contribution in [1.29, 1.82) is 0 Å². The maximum Gasteiger partial charge on any atom is 0.232 e. The van der Waals surface area contributed by atoms with Gasteiger partial charge < -0.3 is 5.32 Å². The summed E-state index contributed by atoms with van der Waals surface area (Å²) in [5.41, 5.74) is 5.81. The first-order chi connectivity index (χ1) is 13.1. The molecule has 1 aromatic carbocycles. The average Bonchev–Trinajstić information content (AvgIpc) is 2.67. The molecular formula is C20H26FN5O. The third-order valence-electron chi connectivity index (χ3n) is 4.89. The van der Waals surface area contributed by atoms with E-state index in [-0.39, 0.29) is 5.82 Å². The number of nitrogens with zero attached hydrogens (tertiary/aromatic N) is 3. The van der Waals surface area contributed by atoms with E-state index in [2.05, 4.69) is 20.6 Å². The minimum Gasteiger partial charge on any atom is -0.317 e. The predicted molar refractivity (Wildman–Crippen MR) is 105 cm³/mol. The molecule has 7 heteroatoms. The summed E-state index contributed by atoms with van der Waals surface area (Å²) in [6.45, 7) is 4.50. The molecule has 2 N–H and O–H groups in total. The zero-order chi connectivity index (χ0) is 19.2. The Morgan fingerprint density at radius 3 is 2.70 bits per heavy atom. The number of pyridine rings is 1. The largest absolute Gasteiger partial charge is 0.317 e. The molecule has 144 valence electrons. The Balaban J connectivity index is 1.71. The summed E-state index contributed by atoms with van der Waals surface area (Å²) < 4.78 is 14.2. The molecule has 2 aromatic rings. The lowest BCUT2D eigenvalue weighted by Gasteiger charge is -2.32. The number of hydrazine groups is 1. The molecule has 3 rings (SSSR count). The van der Waals surface area contributed by atoms with Gasteiger partial charge in [0.2, 0.25) is 6.41 Å². The van der Waals surface area contributed by atoms with E-state index in [0.717, 1.165) is 37.2 Å². The lowest BCUT2D eigenvalue weighted by Crippen LogP contribution is -2.40. The Hall–Kier alpha value is -2.51. The van der Waals surface area contributed by atoms with Crippen LogP contribution < -0.4 is 15.8 Å². The van der Waals surface area contributed by atoms with Gasteiger partial charge in [0.05, 0.1) is 17.6 Å². The van der Waals surface area contributed by atoms with Crippen molar-refractivity contribution in [2.75, 3.05) is 30.6 Å². The van der Waals surface area contributed by atoms with E-state index in [4.69, 9.17) is 0 Å². The molecule has 1 aromatic heterocycles. The zero-order valence-corrected chi connectivity index (χ0v) is 15.8. The van der Waals surface area contributed by atoms with Crippen LogP contribution in [-0.4, -0.2) is 42.5 Å². The highest BCUT2D eigenvalue weighted by molar-refractivity contribution is 5.78. The van der Waals surface area contributed by atoms with Gasteiger partial charge in [-0.25, -0.2) is 9.40 Å². The van der Waals surface area contributed by atoms with E-state index < -0.39 is 0 Å². The first-order valence-corrected chi connectivity index (χ1v) is 9.20. The fourth-order valence-electron chi connectivity index (χ4n) is 3.33. The molecule has 0 bridgehead atoms. The topological polar surface area (TPSA) is 60.5 Å². The highest BCUT2D eigenvalue weighted by atomic mass is 19.1. The van der Waals surface area contributed by atoms with Gasteiger partial charge in [-0.05, 0) is 75.8 Å². The van der Waals surface area contributed by atoms with Crippen LogP contribution in [0.25, 0.3) is 0 Å². The molecule has 0 saturated carbocycles. The van der Waals surface area contributed by atoms with Gasteiger partial charge in [-0.15, -0.1) is 0 Å². The molecule has 0 atom stereocenters. The van der Waals surface area contributed by atoms with Gasteiger partial charge in [-0.2, -0.15) is 0 Å². The van der Waals surface area contributed by atoms with E-state index in [1.807, 2.05) is 32.2 Å². The third-order valence-corrected chi connectivity index (χ3v) is 4.89. The van der Waals surface area contributed by atoms with Crippen molar-refractivity contribution in [3.05, 3.63) is 53.6 Å². The minimum absolute atomic E-state index is 0.358. The van der Waals surface area contributed by atoms with E-state index in [1.54, 1.807) is 6.20 Å². The Bertz CT molecular complexity index is 759. The number of carbonyl (C=O) groups excluding carboxylic acids is 1. The summed E-state index contributed by atoms with van der Waals surface area (Å²) in [6, 6.07) is 8.95. The summed E-state index contributed by atoms with van der Waals surface area (Å²) in [4.78, 5) is 18.1. The summed E-state index contributed by atoms with van der Waals surface area (Å²) >= 11 is 0. The van der Waals surface area contributed by atoms with E-state index in [9.17, 15) is 9.18 Å². The zero-order valence-electron chi connectivity index (χ0n) is 15.8. The average molecular weight is 371 g/mol. The van der Waals surface area contributed by atoms with Gasteiger partial charge in [-0.3, -0.25) is 20.1 Å². The Labute approximate surface area is 159 Å². The number of amides is 1. The third kappa shape index (κ3) is 5.24. The fraction of sp³-hybridized carbons (Fsp3) is 0.400. The Morgan fingerprint density at radius 1 is 1.30 bits per heavy atom. The number of likely N-dealkylation sites (tertiary alicyclic amines) is 1. The molecule has 0 radical (unpaired) electrons. The van der Waals surface area contributed by atoms with Gasteiger partial charge >= 0.3 is 0 Å². The molecular weight excluding hydrogens is 345 g/mol. The number of hydrogen-bond donors (Lipinski definition) is 2. The monoisotopic (exact) mass is 371 g/mol. The Kier molecular flexibility index (Phi) is 6.36. The van der Waals surface area contributed by atoms with Crippen LogP contribution in [0.3, 0.4) is 0 Å². The first kappa shape index (κ1) is 19.3. The van der Waals surface area contributed by atoms with Crippen LogP contribution >= 0.6 is 0 Å². The SMILES string of the molecule is CNC1CCN(Cc2cc(F)cc(N(C=O)Nc3ccc(C)nc3)c2)CC1. The summed E-state index contributed by atoms with van der Waals surface area (Å²) in [7, 11) is 1.99. The molecule has 0 unspecified atom stereocenters. The van der Waals surface area contributed by atoms with Crippen LogP contribution in [-0.2, 0) is 11.3 Å². The highest BCUT2D eigenvalue weighted by Crippen LogP contribution is 2.21. The summed E-state index contributed by atoms with van der Waals surface area (Å²) in [5, 5.41) is 4.58. The number of aryl methyl sites for hydroxylation is 1. The molecule has 1 amide bonds. The molecule has 27 heavy (non-hydrogen) atoms. The second kappa shape index (κ2) is 8.92. The Morgan fingerprint density at radius 2 is 2.07 bits per heavy atom. The standard InChI is InChI=1S/C20H26FN5O/c1-15-3-4-19(12-23-15)24-26(14-27)20-10-16(9-17(21)11-20)13-25-7-5-18(22-2)6-8-25/h3-4,9-12,14,18,22,24H,5-8,13H2,1-2H3. The van der Waals surface area contributed by atoms with Gasteiger partial charge in [0.1, 0.15) is 5.82 Å². The number of carbonyl (C=O) groups is 1. The number of benzene rings is 1. The van der Waals surface area contributed by atoms with Gasteiger partial charge in [0, 0.05) is 18.3 Å². The van der Waals surface area contributed by atoms with Gasteiger partial charge in [-0.1, -0.05) is 0 Å². The number of piperidine rings is 1. The van der Waals surface area contributed by atoms with Crippen molar-refractivity contribution in [2.45, 2.75) is 32.4 Å². The molecule has 1 aliphatic rings. The van der Waals surface area contributed by atoms with Crippen LogP contribution in [0.5, 0.6) is 0 Å². The van der Waals surface area contributed by atoms with Crippen LogP contribution in [0.4, 0.5) is 15.8 Å². The molecule has 6 nitrogen and oxygen atoms in total. The molecule has 1 aliphatic heterocycles. The highest BCUT2D eigenvalue weighted by Gasteiger charge is 2.18. The predicted octanol–water partition coefficient (Wildman–Crippen LogP) is 2.70. The normalized spacial score (nSPS) is 15.5. The number of halogens is 1. The van der Waals surface area contributed by atoms with Crippen molar-refractivity contribution < 1.29 is 9.18 Å². The first-order valence-electron chi connectivity index (χ1n) is 9.20. The minimum atomic E-state index is -0.358. The number of rotatable bonds is 7. The van der Waals surface area contributed by atoms with Crippen LogP contribution in [0.2, 0.25) is 0 Å². The van der Waals surface area contributed by atoms with Crippen LogP contribution in [0, 0.1) is 12.7 Å². The molecule has 1 fully saturated rings. The second-order valence-corrected chi connectivity index (χ2v) is 6.93. The molecule has 0 aliphatic carbocycles. The quantitative estimate of drug-likeness (QED) is 0.579. The second-order valence-electron chi connectivity index (χ2n) is 6.93. The van der Waals surface area contributed by atoms with Crippen LogP contribution in [0.15, 0.2) is 36.5 Å². The lowest BCUT2D eigenvalue weighted by atomic mass is 10.0. The lowest BCUT2D eigenvalue weighted by molar-refractivity contribution is -0.107. The van der Waals surface area contributed by atoms with E-state index in [0.29, 0.717) is 30.4 Å². The number of anilines is 2. The van der Waals surface area contributed by atoms with Crippen molar-refractivity contribution in [2.24, 2.45) is 0 Å². The van der Waals surface area contributed by atoms with Crippen molar-refractivity contribution in [3.8, 4) is 0 Å². The van der Waals surface area contributed by atoms with Gasteiger partial charge in [0.15, 0.2) is 0 Å².